The van der Waals surface area contributed by atoms with Crippen molar-refractivity contribution in [3.8, 4) is 0 Å². The molecule has 0 saturated carbocycles. The lowest BCUT2D eigenvalue weighted by molar-refractivity contribution is -0.120. The van der Waals surface area contributed by atoms with Crippen LogP contribution in [0.1, 0.15) is 37.0 Å². The fourth-order valence-electron chi connectivity index (χ4n) is 2.02. The largest absolute Gasteiger partial charge is 0.357 e. The van der Waals surface area contributed by atoms with Crippen molar-refractivity contribution in [3.05, 3.63) is 34.9 Å². The van der Waals surface area contributed by atoms with E-state index in [0.717, 1.165) is 13.0 Å². The summed E-state index contributed by atoms with van der Waals surface area (Å²) in [4.78, 5) is 16.2. The number of aryl methyl sites for hydroxylation is 2. The molecule has 0 unspecified atom stereocenters. The van der Waals surface area contributed by atoms with Crippen LogP contribution in [0.15, 0.2) is 23.2 Å². The number of nitrogens with zero attached hydrogens (tertiary/aromatic N) is 1. The zero-order valence-electron chi connectivity index (χ0n) is 14.1. The van der Waals surface area contributed by atoms with Gasteiger partial charge in [0.2, 0.25) is 5.91 Å². The van der Waals surface area contributed by atoms with Crippen molar-refractivity contribution in [2.75, 3.05) is 19.6 Å². The minimum Gasteiger partial charge on any atom is -0.357 e. The van der Waals surface area contributed by atoms with Crippen LogP contribution < -0.4 is 16.0 Å². The number of amides is 1. The van der Waals surface area contributed by atoms with E-state index in [4.69, 9.17) is 0 Å². The highest BCUT2D eigenvalue weighted by Crippen LogP contribution is 2.11. The molecule has 0 aliphatic heterocycles. The fraction of sp³-hybridized carbons (Fsp3) is 0.529. The van der Waals surface area contributed by atoms with Crippen LogP contribution in [0.25, 0.3) is 0 Å². The van der Waals surface area contributed by atoms with Crippen molar-refractivity contribution in [3.63, 3.8) is 0 Å². The SMILES string of the molecule is CCCNC(=O)CNC(=NCc1ccc(C)cc1C)NCC. The molecule has 1 amide bonds. The molecular formula is C17H28N4O. The summed E-state index contributed by atoms with van der Waals surface area (Å²) >= 11 is 0. The highest BCUT2D eigenvalue weighted by molar-refractivity contribution is 5.86. The maximum absolute atomic E-state index is 11.6. The Morgan fingerprint density at radius 2 is 1.91 bits per heavy atom. The molecule has 3 N–H and O–H groups in total. The van der Waals surface area contributed by atoms with Gasteiger partial charge in [-0.2, -0.15) is 0 Å². The standard InChI is InChI=1S/C17H28N4O/c1-5-9-19-16(22)12-21-17(18-6-2)20-11-15-8-7-13(3)10-14(15)4/h7-8,10H,5-6,9,11-12H2,1-4H3,(H,19,22)(H2,18,20,21). The highest BCUT2D eigenvalue weighted by Gasteiger charge is 2.03. The lowest BCUT2D eigenvalue weighted by Gasteiger charge is -2.12. The number of guanidine groups is 1. The summed E-state index contributed by atoms with van der Waals surface area (Å²) in [5.41, 5.74) is 3.68. The van der Waals surface area contributed by atoms with E-state index in [1.165, 1.54) is 16.7 Å². The number of benzene rings is 1. The first-order chi connectivity index (χ1) is 10.6. The van der Waals surface area contributed by atoms with Crippen molar-refractivity contribution >= 4 is 11.9 Å². The molecule has 0 saturated heterocycles. The molecule has 0 aromatic heterocycles. The third-order valence-electron chi connectivity index (χ3n) is 3.24. The van der Waals surface area contributed by atoms with E-state index in [-0.39, 0.29) is 12.5 Å². The van der Waals surface area contributed by atoms with Crippen LogP contribution in [-0.2, 0) is 11.3 Å². The van der Waals surface area contributed by atoms with Gasteiger partial charge in [0.25, 0.3) is 0 Å². The lowest BCUT2D eigenvalue weighted by atomic mass is 10.1. The normalized spacial score (nSPS) is 11.2. The van der Waals surface area contributed by atoms with Gasteiger partial charge in [0, 0.05) is 13.1 Å². The average Bonchev–Trinajstić information content (AvgIpc) is 2.49. The maximum atomic E-state index is 11.6. The van der Waals surface area contributed by atoms with Crippen LogP contribution >= 0.6 is 0 Å². The predicted octanol–water partition coefficient (Wildman–Crippen LogP) is 1.88. The van der Waals surface area contributed by atoms with E-state index in [1.807, 2.05) is 13.8 Å². The van der Waals surface area contributed by atoms with Gasteiger partial charge in [0.1, 0.15) is 0 Å². The molecule has 0 aliphatic carbocycles. The molecule has 0 fully saturated rings. The average molecular weight is 304 g/mol. The smallest absolute Gasteiger partial charge is 0.239 e. The van der Waals surface area contributed by atoms with Gasteiger partial charge in [0.15, 0.2) is 5.96 Å². The summed E-state index contributed by atoms with van der Waals surface area (Å²) in [5, 5.41) is 9.05. The van der Waals surface area contributed by atoms with Crippen molar-refractivity contribution in [2.45, 2.75) is 40.7 Å². The molecule has 0 spiro atoms. The maximum Gasteiger partial charge on any atom is 0.239 e. The second kappa shape index (κ2) is 9.82. The number of rotatable bonds is 7. The van der Waals surface area contributed by atoms with E-state index in [1.54, 1.807) is 0 Å². The molecule has 122 valence electrons. The van der Waals surface area contributed by atoms with Crippen LogP contribution in [0.2, 0.25) is 0 Å². The Balaban J connectivity index is 2.59. The Morgan fingerprint density at radius 1 is 1.14 bits per heavy atom. The van der Waals surface area contributed by atoms with Crippen molar-refractivity contribution in [1.29, 1.82) is 0 Å². The van der Waals surface area contributed by atoms with E-state index in [2.05, 4.69) is 53.0 Å². The molecule has 1 rings (SSSR count). The quantitative estimate of drug-likeness (QED) is 0.532. The third-order valence-corrected chi connectivity index (χ3v) is 3.24. The van der Waals surface area contributed by atoms with Gasteiger partial charge in [-0.3, -0.25) is 4.79 Å². The Morgan fingerprint density at radius 3 is 2.55 bits per heavy atom. The molecule has 1 aromatic carbocycles. The van der Waals surface area contributed by atoms with Gasteiger partial charge in [-0.25, -0.2) is 4.99 Å². The predicted molar refractivity (Wildman–Crippen MR) is 92.0 cm³/mol. The Labute approximate surface area is 133 Å². The molecule has 0 heterocycles. The minimum atomic E-state index is -0.0148. The molecule has 0 radical (unpaired) electrons. The van der Waals surface area contributed by atoms with Crippen LogP contribution in [0.4, 0.5) is 0 Å². The van der Waals surface area contributed by atoms with Crippen LogP contribution in [-0.4, -0.2) is 31.5 Å². The van der Waals surface area contributed by atoms with Gasteiger partial charge in [-0.05, 0) is 38.3 Å². The van der Waals surface area contributed by atoms with E-state index in [9.17, 15) is 4.79 Å². The number of aliphatic imine (C=N–C) groups is 1. The Kier molecular flexibility index (Phi) is 8.04. The van der Waals surface area contributed by atoms with E-state index in [0.29, 0.717) is 19.0 Å². The van der Waals surface area contributed by atoms with Gasteiger partial charge < -0.3 is 16.0 Å². The molecular weight excluding hydrogens is 276 g/mol. The molecule has 0 bridgehead atoms. The second-order valence-corrected chi connectivity index (χ2v) is 5.33. The summed E-state index contributed by atoms with van der Waals surface area (Å²) < 4.78 is 0. The first-order valence-electron chi connectivity index (χ1n) is 7.91. The monoisotopic (exact) mass is 304 g/mol. The molecule has 1 aromatic rings. The number of hydrogen-bond acceptors (Lipinski definition) is 2. The van der Waals surface area contributed by atoms with E-state index < -0.39 is 0 Å². The number of carbonyl (C=O) groups is 1. The summed E-state index contributed by atoms with van der Waals surface area (Å²) in [6.07, 6.45) is 0.937. The van der Waals surface area contributed by atoms with Crippen LogP contribution in [0.3, 0.4) is 0 Å². The van der Waals surface area contributed by atoms with Gasteiger partial charge >= 0.3 is 0 Å². The van der Waals surface area contributed by atoms with E-state index >= 15 is 0 Å². The van der Waals surface area contributed by atoms with Crippen LogP contribution in [0.5, 0.6) is 0 Å². The van der Waals surface area contributed by atoms with Gasteiger partial charge in [0.05, 0.1) is 13.1 Å². The molecule has 22 heavy (non-hydrogen) atoms. The Bertz CT molecular complexity index is 511. The van der Waals surface area contributed by atoms with Crippen molar-refractivity contribution < 1.29 is 4.79 Å². The number of hydrogen-bond donors (Lipinski definition) is 3. The fourth-order valence-corrected chi connectivity index (χ4v) is 2.02. The zero-order valence-corrected chi connectivity index (χ0v) is 14.1. The second-order valence-electron chi connectivity index (χ2n) is 5.33. The lowest BCUT2D eigenvalue weighted by Crippen LogP contribution is -2.43. The van der Waals surface area contributed by atoms with Gasteiger partial charge in [-0.1, -0.05) is 30.7 Å². The molecule has 0 aliphatic rings. The first-order valence-corrected chi connectivity index (χ1v) is 7.91. The topological polar surface area (TPSA) is 65.5 Å². The summed E-state index contributed by atoms with van der Waals surface area (Å²) in [5.74, 6) is 0.646. The van der Waals surface area contributed by atoms with Crippen molar-refractivity contribution in [1.82, 2.24) is 16.0 Å². The first kappa shape index (κ1) is 18.0. The van der Waals surface area contributed by atoms with Crippen LogP contribution in [0, 0.1) is 13.8 Å². The third kappa shape index (κ3) is 6.61. The van der Waals surface area contributed by atoms with Gasteiger partial charge in [-0.15, -0.1) is 0 Å². The number of nitrogens with one attached hydrogen (secondary N) is 3. The minimum absolute atomic E-state index is 0.0148. The summed E-state index contributed by atoms with van der Waals surface area (Å²) in [6.45, 7) is 10.5. The van der Waals surface area contributed by atoms with Crippen molar-refractivity contribution in [2.24, 2.45) is 4.99 Å². The molecule has 5 heteroatoms. The summed E-state index contributed by atoms with van der Waals surface area (Å²) in [7, 11) is 0. The number of carbonyl (C=O) groups excluding carboxylic acids is 1. The highest BCUT2D eigenvalue weighted by atomic mass is 16.1. The zero-order chi connectivity index (χ0) is 16.4. The Hall–Kier alpha value is -2.04. The molecule has 5 nitrogen and oxygen atoms in total. The molecule has 0 atom stereocenters. The summed E-state index contributed by atoms with van der Waals surface area (Å²) in [6, 6.07) is 6.35.